The Kier molecular flexibility index (Phi) is 7.14. The summed E-state index contributed by atoms with van der Waals surface area (Å²) in [5.74, 6) is -1.28. The van der Waals surface area contributed by atoms with Crippen LogP contribution < -0.4 is 5.32 Å². The van der Waals surface area contributed by atoms with E-state index in [-0.39, 0.29) is 41.7 Å². The van der Waals surface area contributed by atoms with Gasteiger partial charge < -0.3 is 5.32 Å². The first-order valence-electron chi connectivity index (χ1n) is 11.1. The molecule has 1 N–H and O–H groups in total. The first-order valence-corrected chi connectivity index (χ1v) is 11.1. The summed E-state index contributed by atoms with van der Waals surface area (Å²) in [6.45, 7) is 3.68. The number of benzene rings is 3. The highest BCUT2D eigenvalue weighted by Crippen LogP contribution is 2.32. The molecule has 0 aliphatic carbocycles. The lowest BCUT2D eigenvalue weighted by Crippen LogP contribution is -2.45. The number of rotatable bonds is 6. The largest absolute Gasteiger partial charge is 0.352 e. The summed E-state index contributed by atoms with van der Waals surface area (Å²) in [5, 5.41) is 2.88. The third-order valence-corrected chi connectivity index (χ3v) is 6.28. The van der Waals surface area contributed by atoms with E-state index in [4.69, 9.17) is 0 Å². The molecule has 1 aliphatic heterocycles. The lowest BCUT2D eigenvalue weighted by atomic mass is 9.83. The molecule has 1 heterocycles. The van der Waals surface area contributed by atoms with Crippen LogP contribution in [0.2, 0.25) is 0 Å². The van der Waals surface area contributed by atoms with E-state index < -0.39 is 0 Å². The third kappa shape index (κ3) is 5.82. The van der Waals surface area contributed by atoms with Crippen molar-refractivity contribution >= 4 is 5.91 Å². The summed E-state index contributed by atoms with van der Waals surface area (Å²) in [5.41, 5.74) is 2.96. The molecule has 0 radical (unpaired) electrons. The fraction of sp³-hybridized carbons (Fsp3) is 0.296. The van der Waals surface area contributed by atoms with E-state index in [1.54, 1.807) is 43.3 Å². The van der Waals surface area contributed by atoms with Gasteiger partial charge in [-0.1, -0.05) is 42.5 Å². The minimum absolute atomic E-state index is 0.0442. The van der Waals surface area contributed by atoms with E-state index >= 15 is 0 Å². The molecule has 172 valence electrons. The lowest BCUT2D eigenvalue weighted by Gasteiger charge is -2.37. The van der Waals surface area contributed by atoms with Crippen molar-refractivity contribution in [1.82, 2.24) is 10.2 Å². The van der Waals surface area contributed by atoms with Gasteiger partial charge in [-0.05, 0) is 60.2 Å². The fourth-order valence-electron chi connectivity index (χ4n) is 4.49. The number of aryl methyl sites for hydroxylation is 1. The molecule has 33 heavy (non-hydrogen) atoms. The molecule has 0 saturated carbocycles. The van der Waals surface area contributed by atoms with Crippen molar-refractivity contribution in [3.05, 3.63) is 106 Å². The second kappa shape index (κ2) is 10.2. The maximum atomic E-state index is 14.0. The van der Waals surface area contributed by atoms with E-state index in [2.05, 4.69) is 10.2 Å². The molecular formula is C27H27F3N2O. The van der Waals surface area contributed by atoms with Crippen molar-refractivity contribution in [3.63, 3.8) is 0 Å². The van der Waals surface area contributed by atoms with E-state index in [1.807, 2.05) is 6.07 Å². The van der Waals surface area contributed by atoms with Crippen LogP contribution in [0.1, 0.15) is 34.6 Å². The number of carbonyl (C=O) groups is 1. The van der Waals surface area contributed by atoms with Crippen LogP contribution in [0.25, 0.3) is 0 Å². The molecule has 1 fully saturated rings. The molecule has 0 aromatic heterocycles. The van der Waals surface area contributed by atoms with Crippen molar-refractivity contribution in [2.24, 2.45) is 5.92 Å². The highest BCUT2D eigenvalue weighted by atomic mass is 19.1. The number of amides is 1. The molecule has 3 nitrogen and oxygen atoms in total. The molecule has 0 bridgehead atoms. The number of hydrogen-bond acceptors (Lipinski definition) is 2. The minimum atomic E-state index is -0.348. The number of nitrogens with one attached hydrogen (secondary N) is 1. The minimum Gasteiger partial charge on any atom is -0.352 e. The zero-order valence-electron chi connectivity index (χ0n) is 18.5. The molecule has 1 amide bonds. The second-order valence-corrected chi connectivity index (χ2v) is 8.77. The summed E-state index contributed by atoms with van der Waals surface area (Å²) in [4.78, 5) is 15.2. The first kappa shape index (κ1) is 23.1. The van der Waals surface area contributed by atoms with Gasteiger partial charge in [0.15, 0.2) is 0 Å². The standard InChI is InChI=1S/C27H27F3N2O/c1-18-12-20(8-11-25(18)29)22-13-23(27(33)31-14-21-4-2-3-5-26(21)30)17-32(16-22)15-19-6-9-24(28)10-7-19/h2-12,22-23H,13-17H2,1H3,(H,31,33). The van der Waals surface area contributed by atoms with Crippen LogP contribution in [0.15, 0.2) is 66.7 Å². The Hall–Kier alpha value is -3.12. The normalized spacial score (nSPS) is 18.8. The van der Waals surface area contributed by atoms with Gasteiger partial charge in [-0.3, -0.25) is 9.69 Å². The predicted molar refractivity (Wildman–Crippen MR) is 122 cm³/mol. The Balaban J connectivity index is 1.51. The Morgan fingerprint density at radius 3 is 2.45 bits per heavy atom. The van der Waals surface area contributed by atoms with Crippen molar-refractivity contribution in [2.45, 2.75) is 32.4 Å². The number of likely N-dealkylation sites (tertiary alicyclic amines) is 1. The van der Waals surface area contributed by atoms with Crippen LogP contribution in [0, 0.1) is 30.3 Å². The number of hydrogen-bond donors (Lipinski definition) is 1. The van der Waals surface area contributed by atoms with Gasteiger partial charge in [-0.2, -0.15) is 0 Å². The molecular weight excluding hydrogens is 425 g/mol. The summed E-state index contributed by atoms with van der Waals surface area (Å²) >= 11 is 0. The van der Waals surface area contributed by atoms with Gasteiger partial charge in [-0.15, -0.1) is 0 Å². The van der Waals surface area contributed by atoms with Gasteiger partial charge in [0.2, 0.25) is 5.91 Å². The average molecular weight is 453 g/mol. The van der Waals surface area contributed by atoms with Crippen LogP contribution in [0.3, 0.4) is 0 Å². The molecule has 1 saturated heterocycles. The Bertz CT molecular complexity index is 1120. The van der Waals surface area contributed by atoms with E-state index in [0.717, 1.165) is 11.1 Å². The van der Waals surface area contributed by atoms with Gasteiger partial charge in [-0.25, -0.2) is 13.2 Å². The van der Waals surface area contributed by atoms with Crippen LogP contribution in [-0.2, 0) is 17.9 Å². The monoisotopic (exact) mass is 452 g/mol. The van der Waals surface area contributed by atoms with Crippen molar-refractivity contribution < 1.29 is 18.0 Å². The van der Waals surface area contributed by atoms with Gasteiger partial charge in [0, 0.05) is 31.7 Å². The SMILES string of the molecule is Cc1cc(C2CC(C(=O)NCc3ccccc3F)CN(Cc3ccc(F)cc3)C2)ccc1F. The van der Waals surface area contributed by atoms with Crippen LogP contribution >= 0.6 is 0 Å². The topological polar surface area (TPSA) is 32.3 Å². The Morgan fingerprint density at radius 2 is 1.73 bits per heavy atom. The molecule has 1 aliphatic rings. The lowest BCUT2D eigenvalue weighted by molar-refractivity contribution is -0.127. The second-order valence-electron chi connectivity index (χ2n) is 8.77. The zero-order chi connectivity index (χ0) is 23.4. The van der Waals surface area contributed by atoms with E-state index in [0.29, 0.717) is 37.2 Å². The van der Waals surface area contributed by atoms with Crippen molar-refractivity contribution in [3.8, 4) is 0 Å². The predicted octanol–water partition coefficient (Wildman–Crippen LogP) is 5.33. The molecule has 2 unspecified atom stereocenters. The molecule has 3 aromatic carbocycles. The number of halogens is 3. The van der Waals surface area contributed by atoms with Gasteiger partial charge in [0.1, 0.15) is 17.5 Å². The number of piperidine rings is 1. The number of nitrogens with zero attached hydrogens (tertiary/aromatic N) is 1. The highest BCUT2D eigenvalue weighted by molar-refractivity contribution is 5.79. The average Bonchev–Trinajstić information content (AvgIpc) is 2.81. The van der Waals surface area contributed by atoms with Crippen molar-refractivity contribution in [2.75, 3.05) is 13.1 Å². The molecule has 4 rings (SSSR count). The zero-order valence-corrected chi connectivity index (χ0v) is 18.5. The summed E-state index contributed by atoms with van der Waals surface area (Å²) < 4.78 is 41.1. The van der Waals surface area contributed by atoms with Crippen molar-refractivity contribution in [1.29, 1.82) is 0 Å². The van der Waals surface area contributed by atoms with Gasteiger partial charge in [0.25, 0.3) is 0 Å². The maximum absolute atomic E-state index is 14.0. The fourth-order valence-corrected chi connectivity index (χ4v) is 4.49. The molecule has 6 heteroatoms. The highest BCUT2D eigenvalue weighted by Gasteiger charge is 2.32. The quantitative estimate of drug-likeness (QED) is 0.548. The van der Waals surface area contributed by atoms with Gasteiger partial charge >= 0.3 is 0 Å². The summed E-state index contributed by atoms with van der Waals surface area (Å²) in [6.07, 6.45) is 0.619. The van der Waals surface area contributed by atoms with E-state index in [9.17, 15) is 18.0 Å². The first-order chi connectivity index (χ1) is 15.9. The van der Waals surface area contributed by atoms with Crippen LogP contribution in [0.4, 0.5) is 13.2 Å². The Morgan fingerprint density at radius 1 is 0.970 bits per heavy atom. The molecule has 2 atom stereocenters. The summed E-state index contributed by atoms with van der Waals surface area (Å²) in [7, 11) is 0. The van der Waals surface area contributed by atoms with E-state index in [1.165, 1.54) is 24.3 Å². The Labute approximate surface area is 192 Å². The van der Waals surface area contributed by atoms with Crippen LogP contribution in [-0.4, -0.2) is 23.9 Å². The molecule has 3 aromatic rings. The summed E-state index contributed by atoms with van der Waals surface area (Å²) in [6, 6.07) is 17.8. The smallest absolute Gasteiger partial charge is 0.224 e. The maximum Gasteiger partial charge on any atom is 0.224 e. The molecule has 0 spiro atoms. The van der Waals surface area contributed by atoms with Crippen LogP contribution in [0.5, 0.6) is 0 Å². The van der Waals surface area contributed by atoms with Gasteiger partial charge in [0.05, 0.1) is 5.92 Å². The number of carbonyl (C=O) groups excluding carboxylic acids is 1. The third-order valence-electron chi connectivity index (χ3n) is 6.28.